The van der Waals surface area contributed by atoms with Gasteiger partial charge in [-0.1, -0.05) is 29.3 Å². The van der Waals surface area contributed by atoms with Crippen molar-refractivity contribution in [2.75, 3.05) is 32.7 Å². The van der Waals surface area contributed by atoms with Gasteiger partial charge in [-0.2, -0.15) is 0 Å². The maximum Gasteiger partial charge on any atom is 0.255 e. The summed E-state index contributed by atoms with van der Waals surface area (Å²) in [6.07, 6.45) is 0. The van der Waals surface area contributed by atoms with Crippen LogP contribution in [0.25, 0.3) is 0 Å². The minimum absolute atomic E-state index is 0. The lowest BCUT2D eigenvalue weighted by Crippen LogP contribution is -2.54. The summed E-state index contributed by atoms with van der Waals surface area (Å²) >= 11 is 12.1. The normalized spacial score (nSPS) is 16.3. The highest BCUT2D eigenvalue weighted by atomic mass is 35.5. The predicted molar refractivity (Wildman–Crippen MR) is 94.3 cm³/mol. The molecule has 1 fully saturated rings. The molecule has 124 valence electrons. The first-order valence-corrected chi connectivity index (χ1v) is 7.78. The van der Waals surface area contributed by atoms with Crippen LogP contribution in [0.15, 0.2) is 18.2 Å². The summed E-state index contributed by atoms with van der Waals surface area (Å²) in [5.41, 5.74) is 6.28. The lowest BCUT2D eigenvalue weighted by Gasteiger charge is -2.37. The Morgan fingerprint density at radius 2 is 1.82 bits per heavy atom. The molecule has 1 aliphatic rings. The molecule has 0 spiro atoms. The number of piperazine rings is 1. The fourth-order valence-corrected chi connectivity index (χ4v) is 2.91. The van der Waals surface area contributed by atoms with Crippen molar-refractivity contribution in [3.8, 4) is 0 Å². The molecular formula is C15H22Cl3N3O. The zero-order valence-electron chi connectivity index (χ0n) is 12.8. The molecule has 0 saturated carbocycles. The van der Waals surface area contributed by atoms with Crippen LogP contribution in [0.5, 0.6) is 0 Å². The van der Waals surface area contributed by atoms with Crippen LogP contribution in [0.1, 0.15) is 24.2 Å². The van der Waals surface area contributed by atoms with Gasteiger partial charge in [0.25, 0.3) is 5.91 Å². The van der Waals surface area contributed by atoms with Gasteiger partial charge in [0.15, 0.2) is 0 Å². The number of carbonyl (C=O) groups excluding carboxylic acids is 1. The molecule has 1 amide bonds. The van der Waals surface area contributed by atoms with Crippen LogP contribution < -0.4 is 5.73 Å². The van der Waals surface area contributed by atoms with E-state index in [1.807, 2.05) is 18.7 Å². The second kappa shape index (κ2) is 7.84. The summed E-state index contributed by atoms with van der Waals surface area (Å²) in [5, 5.41) is 0.737. The van der Waals surface area contributed by atoms with Gasteiger partial charge in [0.2, 0.25) is 0 Å². The van der Waals surface area contributed by atoms with E-state index in [0.29, 0.717) is 28.7 Å². The van der Waals surface area contributed by atoms with E-state index in [9.17, 15) is 4.79 Å². The topological polar surface area (TPSA) is 49.6 Å². The van der Waals surface area contributed by atoms with Crippen molar-refractivity contribution in [3.63, 3.8) is 0 Å². The number of nitrogens with zero attached hydrogens (tertiary/aromatic N) is 2. The summed E-state index contributed by atoms with van der Waals surface area (Å²) in [4.78, 5) is 16.6. The fourth-order valence-electron chi connectivity index (χ4n) is 2.52. The smallest absolute Gasteiger partial charge is 0.255 e. The van der Waals surface area contributed by atoms with E-state index in [2.05, 4.69) is 4.90 Å². The molecule has 4 nitrogen and oxygen atoms in total. The van der Waals surface area contributed by atoms with E-state index < -0.39 is 0 Å². The van der Waals surface area contributed by atoms with Crippen LogP contribution in [0.3, 0.4) is 0 Å². The Morgan fingerprint density at radius 1 is 1.23 bits per heavy atom. The third kappa shape index (κ3) is 5.00. The van der Waals surface area contributed by atoms with Crippen LogP contribution in [-0.4, -0.2) is 54.0 Å². The molecule has 0 aliphatic carbocycles. The third-order valence-corrected chi connectivity index (χ3v) is 4.29. The molecule has 2 N–H and O–H groups in total. The average Bonchev–Trinajstić information content (AvgIpc) is 2.40. The highest BCUT2D eigenvalue weighted by Crippen LogP contribution is 2.26. The van der Waals surface area contributed by atoms with E-state index >= 15 is 0 Å². The summed E-state index contributed by atoms with van der Waals surface area (Å²) in [6, 6.07) is 5.14. The van der Waals surface area contributed by atoms with E-state index in [-0.39, 0.29) is 23.9 Å². The standard InChI is InChI=1S/C15H21Cl2N3O.ClH/c1-15(2,18)10-19-6-8-20(9-7-19)14(21)11-4-3-5-12(16)13(11)17;/h3-5H,6-10,18H2,1-2H3;1H. The predicted octanol–water partition coefficient (Wildman–Crippen LogP) is 2.91. The van der Waals surface area contributed by atoms with Gasteiger partial charge >= 0.3 is 0 Å². The molecule has 0 aromatic heterocycles. The van der Waals surface area contributed by atoms with Gasteiger partial charge in [-0.3, -0.25) is 9.69 Å². The molecule has 0 atom stereocenters. The van der Waals surface area contributed by atoms with Gasteiger partial charge < -0.3 is 10.6 Å². The summed E-state index contributed by atoms with van der Waals surface area (Å²) < 4.78 is 0. The van der Waals surface area contributed by atoms with Crippen LogP contribution >= 0.6 is 35.6 Å². The number of hydrogen-bond acceptors (Lipinski definition) is 3. The summed E-state index contributed by atoms with van der Waals surface area (Å²) in [5.74, 6) is -0.0610. The number of hydrogen-bond donors (Lipinski definition) is 1. The molecule has 0 bridgehead atoms. The van der Waals surface area contributed by atoms with Crippen LogP contribution in [0.2, 0.25) is 10.0 Å². The molecule has 1 aliphatic heterocycles. The van der Waals surface area contributed by atoms with Gasteiger partial charge in [-0.15, -0.1) is 12.4 Å². The average molecular weight is 367 g/mol. The molecule has 1 aromatic carbocycles. The van der Waals surface area contributed by atoms with Crippen LogP contribution in [0, 0.1) is 0 Å². The summed E-state index contributed by atoms with van der Waals surface area (Å²) in [6.45, 7) is 7.85. The molecule has 22 heavy (non-hydrogen) atoms. The first-order chi connectivity index (χ1) is 9.78. The maximum absolute atomic E-state index is 12.5. The second-order valence-electron chi connectivity index (χ2n) is 6.16. The SMILES string of the molecule is CC(C)(N)CN1CCN(C(=O)c2cccc(Cl)c2Cl)CC1.Cl. The first-order valence-electron chi connectivity index (χ1n) is 7.02. The van der Waals surface area contributed by atoms with Gasteiger partial charge in [0.1, 0.15) is 0 Å². The largest absolute Gasteiger partial charge is 0.336 e. The highest BCUT2D eigenvalue weighted by molar-refractivity contribution is 6.43. The number of rotatable bonds is 3. The number of nitrogens with two attached hydrogens (primary N) is 1. The fraction of sp³-hybridized carbons (Fsp3) is 0.533. The molecule has 7 heteroatoms. The molecular weight excluding hydrogens is 345 g/mol. The molecule has 2 rings (SSSR count). The Kier molecular flexibility index (Phi) is 6.96. The molecule has 0 radical (unpaired) electrons. The van der Waals surface area contributed by atoms with Crippen LogP contribution in [0.4, 0.5) is 0 Å². The Morgan fingerprint density at radius 3 is 2.36 bits per heavy atom. The maximum atomic E-state index is 12.5. The third-order valence-electron chi connectivity index (χ3n) is 3.47. The van der Waals surface area contributed by atoms with Crippen molar-refractivity contribution in [2.24, 2.45) is 5.73 Å². The van der Waals surface area contributed by atoms with Crippen molar-refractivity contribution in [3.05, 3.63) is 33.8 Å². The molecule has 1 aromatic rings. The lowest BCUT2D eigenvalue weighted by atomic mass is 10.1. The number of halogens is 3. The van der Waals surface area contributed by atoms with Gasteiger partial charge in [0, 0.05) is 38.3 Å². The van der Waals surface area contributed by atoms with E-state index in [1.165, 1.54) is 0 Å². The Bertz CT molecular complexity index is 523. The van der Waals surface area contributed by atoms with Crippen LogP contribution in [-0.2, 0) is 0 Å². The zero-order valence-corrected chi connectivity index (χ0v) is 15.1. The lowest BCUT2D eigenvalue weighted by molar-refractivity contribution is 0.0616. The summed E-state index contributed by atoms with van der Waals surface area (Å²) in [7, 11) is 0. The van der Waals surface area contributed by atoms with E-state index in [0.717, 1.165) is 19.6 Å². The minimum Gasteiger partial charge on any atom is -0.336 e. The van der Waals surface area contributed by atoms with E-state index in [4.69, 9.17) is 28.9 Å². The van der Waals surface area contributed by atoms with Crippen molar-refractivity contribution < 1.29 is 4.79 Å². The highest BCUT2D eigenvalue weighted by Gasteiger charge is 2.26. The Labute approximate surface area is 147 Å². The second-order valence-corrected chi connectivity index (χ2v) is 6.94. The Hall–Kier alpha value is -0.520. The monoisotopic (exact) mass is 365 g/mol. The molecule has 1 saturated heterocycles. The molecule has 1 heterocycles. The molecule has 0 unspecified atom stereocenters. The van der Waals surface area contributed by atoms with Crippen molar-refractivity contribution in [1.82, 2.24) is 9.80 Å². The van der Waals surface area contributed by atoms with Crippen molar-refractivity contribution in [2.45, 2.75) is 19.4 Å². The van der Waals surface area contributed by atoms with E-state index in [1.54, 1.807) is 18.2 Å². The minimum atomic E-state index is -0.220. The number of carbonyl (C=O) groups is 1. The van der Waals surface area contributed by atoms with Gasteiger partial charge in [-0.05, 0) is 26.0 Å². The van der Waals surface area contributed by atoms with Gasteiger partial charge in [-0.25, -0.2) is 0 Å². The van der Waals surface area contributed by atoms with Gasteiger partial charge in [0.05, 0.1) is 15.6 Å². The number of amides is 1. The van der Waals surface area contributed by atoms with Crippen molar-refractivity contribution in [1.29, 1.82) is 0 Å². The first kappa shape index (κ1) is 19.5. The van der Waals surface area contributed by atoms with Crippen molar-refractivity contribution >= 4 is 41.5 Å². The number of benzene rings is 1. The Balaban J connectivity index is 0.00000242. The quantitative estimate of drug-likeness (QED) is 0.895. The zero-order chi connectivity index (χ0) is 15.6.